The maximum atomic E-state index is 11.4. The highest BCUT2D eigenvalue weighted by Gasteiger charge is 2.06. The van der Waals surface area contributed by atoms with Crippen molar-refractivity contribution in [2.45, 2.75) is 6.42 Å². The van der Waals surface area contributed by atoms with E-state index in [-0.39, 0.29) is 5.97 Å². The van der Waals surface area contributed by atoms with Gasteiger partial charge < -0.3 is 9.72 Å². The lowest BCUT2D eigenvalue weighted by Gasteiger charge is -2.02. The second kappa shape index (κ2) is 5.62. The number of ether oxygens (including phenoxy) is 1. The monoisotopic (exact) mass is 299 g/mol. The number of H-pyrrole nitrogens is 1. The average Bonchev–Trinajstić information content (AvgIpc) is 2.88. The molecule has 106 valence electrons. The molecule has 3 nitrogen and oxygen atoms in total. The van der Waals surface area contributed by atoms with Gasteiger partial charge in [0, 0.05) is 28.0 Å². The Morgan fingerprint density at radius 2 is 1.90 bits per heavy atom. The number of hydrogen-bond donors (Lipinski definition) is 1. The summed E-state index contributed by atoms with van der Waals surface area (Å²) in [7, 11) is 1.38. The number of aromatic nitrogens is 1. The molecule has 3 rings (SSSR count). The molecule has 2 aromatic carbocycles. The summed E-state index contributed by atoms with van der Waals surface area (Å²) in [6, 6.07) is 15.3. The number of esters is 1. The summed E-state index contributed by atoms with van der Waals surface area (Å²) >= 11 is 5.99. The molecule has 0 saturated carbocycles. The molecule has 0 atom stereocenters. The molecule has 1 heterocycles. The first-order valence-electron chi connectivity index (χ1n) is 6.60. The predicted molar refractivity (Wildman–Crippen MR) is 83.9 cm³/mol. The van der Waals surface area contributed by atoms with Crippen LogP contribution >= 0.6 is 11.6 Å². The number of aromatic amines is 1. The molecule has 1 aromatic heterocycles. The summed E-state index contributed by atoms with van der Waals surface area (Å²) in [5, 5.41) is 1.83. The number of nitrogens with one attached hydrogen (secondary N) is 1. The molecule has 0 unspecified atom stereocenters. The molecular formula is C17H14ClNO2. The molecule has 0 fully saturated rings. The first-order valence-corrected chi connectivity index (χ1v) is 6.98. The van der Waals surface area contributed by atoms with E-state index in [4.69, 9.17) is 11.6 Å². The quantitative estimate of drug-likeness (QED) is 0.737. The van der Waals surface area contributed by atoms with Gasteiger partial charge in [0.05, 0.1) is 12.7 Å². The largest absolute Gasteiger partial charge is 0.465 e. The van der Waals surface area contributed by atoms with Crippen molar-refractivity contribution in [1.82, 2.24) is 4.98 Å². The first-order chi connectivity index (χ1) is 10.2. The smallest absolute Gasteiger partial charge is 0.337 e. The maximum absolute atomic E-state index is 11.4. The van der Waals surface area contributed by atoms with Crippen LogP contribution in [0.3, 0.4) is 0 Å². The number of methoxy groups -OCH3 is 1. The zero-order valence-corrected chi connectivity index (χ0v) is 12.3. The van der Waals surface area contributed by atoms with E-state index in [1.807, 2.05) is 30.3 Å². The van der Waals surface area contributed by atoms with Crippen LogP contribution in [0, 0.1) is 0 Å². The van der Waals surface area contributed by atoms with Crippen molar-refractivity contribution in [3.05, 3.63) is 70.4 Å². The lowest BCUT2D eigenvalue weighted by molar-refractivity contribution is 0.0600. The van der Waals surface area contributed by atoms with Gasteiger partial charge in [0.15, 0.2) is 0 Å². The van der Waals surface area contributed by atoms with Gasteiger partial charge in [-0.05, 0) is 42.0 Å². The molecular weight excluding hydrogens is 286 g/mol. The summed E-state index contributed by atoms with van der Waals surface area (Å²) in [6.45, 7) is 0. The fraction of sp³-hybridized carbons (Fsp3) is 0.118. The van der Waals surface area contributed by atoms with Gasteiger partial charge in [-0.25, -0.2) is 4.79 Å². The van der Waals surface area contributed by atoms with Crippen LogP contribution in [0.25, 0.3) is 10.9 Å². The van der Waals surface area contributed by atoms with Crippen molar-refractivity contribution in [3.63, 3.8) is 0 Å². The van der Waals surface area contributed by atoms with Crippen molar-refractivity contribution in [2.75, 3.05) is 7.11 Å². The number of hydrogen-bond acceptors (Lipinski definition) is 2. The van der Waals surface area contributed by atoms with Crippen molar-refractivity contribution < 1.29 is 9.53 Å². The van der Waals surface area contributed by atoms with Crippen LogP contribution in [-0.4, -0.2) is 18.1 Å². The van der Waals surface area contributed by atoms with Gasteiger partial charge in [-0.2, -0.15) is 0 Å². The van der Waals surface area contributed by atoms with E-state index in [1.54, 1.807) is 12.1 Å². The fourth-order valence-electron chi connectivity index (χ4n) is 2.36. The van der Waals surface area contributed by atoms with Gasteiger partial charge in [-0.3, -0.25) is 0 Å². The Kier molecular flexibility index (Phi) is 3.67. The zero-order valence-electron chi connectivity index (χ0n) is 11.5. The highest BCUT2D eigenvalue weighted by Crippen LogP contribution is 2.21. The molecule has 0 aliphatic carbocycles. The Bertz CT molecular complexity index is 790. The third-order valence-electron chi connectivity index (χ3n) is 3.41. The number of fused-ring (bicyclic) bond motifs is 1. The van der Waals surface area contributed by atoms with E-state index < -0.39 is 0 Å². The minimum absolute atomic E-state index is 0.318. The van der Waals surface area contributed by atoms with E-state index in [1.165, 1.54) is 7.11 Å². The van der Waals surface area contributed by atoms with Gasteiger partial charge >= 0.3 is 5.97 Å². The van der Waals surface area contributed by atoms with Gasteiger partial charge in [-0.15, -0.1) is 0 Å². The van der Waals surface area contributed by atoms with Crippen LogP contribution in [0.2, 0.25) is 5.02 Å². The van der Waals surface area contributed by atoms with Crippen molar-refractivity contribution in [1.29, 1.82) is 0 Å². The minimum atomic E-state index is -0.318. The highest BCUT2D eigenvalue weighted by atomic mass is 35.5. The van der Waals surface area contributed by atoms with Crippen LogP contribution in [0.15, 0.2) is 48.5 Å². The van der Waals surface area contributed by atoms with Gasteiger partial charge in [0.2, 0.25) is 0 Å². The van der Waals surface area contributed by atoms with Crippen LogP contribution in [0.5, 0.6) is 0 Å². The van der Waals surface area contributed by atoms with Crippen LogP contribution in [0.4, 0.5) is 0 Å². The summed E-state index contributed by atoms with van der Waals surface area (Å²) in [5.74, 6) is -0.318. The number of rotatable bonds is 3. The molecule has 0 radical (unpaired) electrons. The second-order valence-corrected chi connectivity index (χ2v) is 5.33. The Hall–Kier alpha value is -2.26. The average molecular weight is 300 g/mol. The molecule has 0 aliphatic rings. The summed E-state index contributed by atoms with van der Waals surface area (Å²) in [6.07, 6.45) is 0.772. The highest BCUT2D eigenvalue weighted by molar-refractivity contribution is 6.31. The van der Waals surface area contributed by atoms with E-state index in [9.17, 15) is 4.79 Å². The molecule has 0 aliphatic heterocycles. The Labute approximate surface area is 127 Å². The predicted octanol–water partition coefficient (Wildman–Crippen LogP) is 4.20. The summed E-state index contributed by atoms with van der Waals surface area (Å²) in [5.41, 5.74) is 3.86. The third kappa shape index (κ3) is 2.93. The van der Waals surface area contributed by atoms with Crippen molar-refractivity contribution >= 4 is 28.5 Å². The summed E-state index contributed by atoms with van der Waals surface area (Å²) in [4.78, 5) is 14.8. The van der Waals surface area contributed by atoms with Crippen molar-refractivity contribution in [2.24, 2.45) is 0 Å². The molecule has 4 heteroatoms. The second-order valence-electron chi connectivity index (χ2n) is 4.89. The van der Waals surface area contributed by atoms with Crippen LogP contribution in [0.1, 0.15) is 21.6 Å². The van der Waals surface area contributed by atoms with Gasteiger partial charge in [0.1, 0.15) is 0 Å². The van der Waals surface area contributed by atoms with Crippen LogP contribution < -0.4 is 0 Å². The lowest BCUT2D eigenvalue weighted by Crippen LogP contribution is -2.01. The maximum Gasteiger partial charge on any atom is 0.337 e. The lowest BCUT2D eigenvalue weighted by atomic mass is 10.1. The number of carbonyl (C=O) groups excluding carboxylic acids is 1. The number of carbonyl (C=O) groups is 1. The third-order valence-corrected chi connectivity index (χ3v) is 3.64. The van der Waals surface area contributed by atoms with Gasteiger partial charge in [-0.1, -0.05) is 23.7 Å². The standard InChI is InChI=1S/C17H14ClNO2/c1-21-17(20)12-4-2-11(3-5-12)8-15-10-13-9-14(18)6-7-16(13)19-15/h2-7,9-10,19H,8H2,1H3. The van der Waals surface area contributed by atoms with Gasteiger partial charge in [0.25, 0.3) is 0 Å². The molecule has 21 heavy (non-hydrogen) atoms. The Morgan fingerprint density at radius 1 is 1.14 bits per heavy atom. The topological polar surface area (TPSA) is 42.1 Å². The normalized spacial score (nSPS) is 10.8. The molecule has 1 N–H and O–H groups in total. The van der Waals surface area contributed by atoms with Crippen LogP contribution in [-0.2, 0) is 11.2 Å². The first kappa shape index (κ1) is 13.7. The SMILES string of the molecule is COC(=O)c1ccc(Cc2cc3cc(Cl)ccc3[nH]2)cc1. The van der Waals surface area contributed by atoms with E-state index in [2.05, 4.69) is 15.8 Å². The van der Waals surface area contributed by atoms with E-state index in [0.717, 1.165) is 33.6 Å². The molecule has 3 aromatic rings. The Balaban J connectivity index is 1.83. The summed E-state index contributed by atoms with van der Waals surface area (Å²) < 4.78 is 4.69. The molecule has 0 bridgehead atoms. The number of benzene rings is 2. The number of halogens is 1. The Morgan fingerprint density at radius 3 is 2.62 bits per heavy atom. The van der Waals surface area contributed by atoms with E-state index >= 15 is 0 Å². The molecule has 0 amide bonds. The fourth-order valence-corrected chi connectivity index (χ4v) is 2.54. The van der Waals surface area contributed by atoms with E-state index in [0.29, 0.717) is 5.56 Å². The molecule has 0 saturated heterocycles. The zero-order chi connectivity index (χ0) is 14.8. The van der Waals surface area contributed by atoms with Crippen molar-refractivity contribution in [3.8, 4) is 0 Å². The minimum Gasteiger partial charge on any atom is -0.465 e. The molecule has 0 spiro atoms.